The Labute approximate surface area is 366 Å². The molecule has 340 valence electrons. The van der Waals surface area contributed by atoms with E-state index in [1.54, 1.807) is 42.6 Å². The summed E-state index contributed by atoms with van der Waals surface area (Å²) in [5.41, 5.74) is 14.6. The fourth-order valence-corrected chi connectivity index (χ4v) is 6.91. The zero-order valence-corrected chi connectivity index (χ0v) is 34.9. The molecule has 23 heteroatoms. The van der Waals surface area contributed by atoms with Crippen molar-refractivity contribution in [3.63, 3.8) is 0 Å². The van der Waals surface area contributed by atoms with Gasteiger partial charge >= 0.3 is 0 Å². The summed E-state index contributed by atoms with van der Waals surface area (Å²) in [6.07, 6.45) is -0.343. The number of nitrogens with one attached hydrogen (secondary N) is 4. The number of carbonyl (C=O) groups excluding carboxylic acids is 6. The highest BCUT2D eigenvalue weighted by atomic mass is 16.5. The van der Waals surface area contributed by atoms with Gasteiger partial charge < -0.3 is 56.7 Å². The molecule has 2 aromatic carbocycles. The van der Waals surface area contributed by atoms with Gasteiger partial charge in [-0.3, -0.25) is 39.0 Å². The zero-order chi connectivity index (χ0) is 45.8. The predicted octanol–water partition coefficient (Wildman–Crippen LogP) is -0.911. The summed E-state index contributed by atoms with van der Waals surface area (Å²) in [4.78, 5) is 95.0. The summed E-state index contributed by atoms with van der Waals surface area (Å²) in [6, 6.07) is 9.30. The van der Waals surface area contributed by atoms with E-state index in [0.29, 0.717) is 36.6 Å². The molecule has 0 spiro atoms. The third-order valence-electron chi connectivity index (χ3n) is 10.2. The van der Waals surface area contributed by atoms with Gasteiger partial charge in [-0.05, 0) is 49.2 Å². The third kappa shape index (κ3) is 12.0. The van der Waals surface area contributed by atoms with E-state index in [-0.39, 0.29) is 105 Å². The van der Waals surface area contributed by atoms with Gasteiger partial charge in [0.1, 0.15) is 6.04 Å². The highest BCUT2D eigenvalue weighted by Gasteiger charge is 2.45. The molecule has 6 amide bonds. The van der Waals surface area contributed by atoms with E-state index in [0.717, 1.165) is 10.6 Å². The first-order valence-corrected chi connectivity index (χ1v) is 20.4. The van der Waals surface area contributed by atoms with Crippen molar-refractivity contribution in [3.8, 4) is 0 Å². The number of amides is 6. The number of aliphatic hydroxyl groups excluding tert-OH is 1. The molecule has 0 aliphatic carbocycles. The Morgan fingerprint density at radius 3 is 2.33 bits per heavy atom. The van der Waals surface area contributed by atoms with Crippen LogP contribution in [0.4, 0.5) is 23.1 Å². The Kier molecular flexibility index (Phi) is 16.0. The Balaban J connectivity index is 0.795. The summed E-state index contributed by atoms with van der Waals surface area (Å²) in [5.74, 6) is -3.07. The monoisotopic (exact) mass is 886 g/mol. The molecule has 64 heavy (non-hydrogen) atoms. The number of benzene rings is 2. The number of aliphatic hydroxyl groups is 2. The Morgan fingerprint density at radius 1 is 0.922 bits per heavy atom. The van der Waals surface area contributed by atoms with E-state index >= 15 is 0 Å². The van der Waals surface area contributed by atoms with E-state index < -0.39 is 47.9 Å². The molecular weight excluding hydrogens is 837 g/mol. The lowest BCUT2D eigenvalue weighted by Gasteiger charge is -2.27. The summed E-state index contributed by atoms with van der Waals surface area (Å²) in [6.45, 7) is 2.50. The number of nitrogens with two attached hydrogens (primary N) is 2. The molecule has 10 N–H and O–H groups in total. The average molecular weight is 887 g/mol. The van der Waals surface area contributed by atoms with Crippen LogP contribution in [0.15, 0.2) is 48.7 Å². The van der Waals surface area contributed by atoms with Gasteiger partial charge in [0, 0.05) is 49.9 Å². The van der Waals surface area contributed by atoms with Crippen LogP contribution < -0.4 is 37.6 Å². The third-order valence-corrected chi connectivity index (χ3v) is 10.2. The normalized spacial score (nSPS) is 15.3. The molecule has 4 heterocycles. The van der Waals surface area contributed by atoms with Crippen molar-refractivity contribution in [2.24, 2.45) is 0 Å². The lowest BCUT2D eigenvalue weighted by atomic mass is 10.0. The van der Waals surface area contributed by atoms with Crippen molar-refractivity contribution in [2.45, 2.75) is 50.6 Å². The first kappa shape index (κ1) is 46.6. The maximum Gasteiger partial charge on any atom is 0.264 e. The fourth-order valence-electron chi connectivity index (χ4n) is 6.91. The molecule has 2 atom stereocenters. The van der Waals surface area contributed by atoms with Gasteiger partial charge in [-0.25, -0.2) is 9.97 Å². The lowest BCUT2D eigenvalue weighted by molar-refractivity contribution is -0.136. The number of rotatable bonds is 23. The quantitative estimate of drug-likeness (QED) is 0.0254. The molecule has 0 radical (unpaired) electrons. The Hall–Kier alpha value is -6.92. The number of nitrogens with zero attached hydrogens (tertiary/aromatic N) is 6. The molecule has 4 aromatic rings. The molecular formula is C41H50N12O11. The standard InChI is InChI=1S/C41H50N12O11/c1-52(22-24-21-46-35-33(47-24)34(42)50-41(43)51-35)25-7-5-23(6-8-25)36(56)48-28(40(60)61)9-11-30(54)45-14-16-63-18-20-64-19-17-62-15-13-44-27-4-2-3-26-32(27)39(59)53(38(26)58)29-10-12-31(55)49-37(29)57/h2-8,21,28-29,40,44,60-61H,9-20,22H2,1H3,(H,45,54)(H,48,56)(H,49,55,57)(H4,42,43,46,50,51)/t28-,29?/m0/s1. The number of fused-ring (bicyclic) bond motifs is 2. The van der Waals surface area contributed by atoms with Crippen molar-refractivity contribution in [2.75, 3.05) is 81.5 Å². The first-order valence-electron chi connectivity index (χ1n) is 20.4. The van der Waals surface area contributed by atoms with E-state index in [1.165, 1.54) is 6.07 Å². The first-order chi connectivity index (χ1) is 30.8. The number of carbonyl (C=O) groups is 6. The minimum absolute atomic E-state index is 0.00383. The molecule has 23 nitrogen and oxygen atoms in total. The highest BCUT2D eigenvalue weighted by Crippen LogP contribution is 2.32. The lowest BCUT2D eigenvalue weighted by Crippen LogP contribution is -2.54. The molecule has 0 bridgehead atoms. The van der Waals surface area contributed by atoms with Crippen LogP contribution in [0, 0.1) is 0 Å². The summed E-state index contributed by atoms with van der Waals surface area (Å²) < 4.78 is 16.6. The van der Waals surface area contributed by atoms with Crippen LogP contribution in [-0.2, 0) is 35.1 Å². The smallest absolute Gasteiger partial charge is 0.264 e. The van der Waals surface area contributed by atoms with Crippen LogP contribution in [0.25, 0.3) is 11.2 Å². The molecule has 1 fully saturated rings. The Bertz CT molecular complexity index is 2350. The van der Waals surface area contributed by atoms with Gasteiger partial charge in [-0.2, -0.15) is 9.97 Å². The second-order valence-electron chi connectivity index (χ2n) is 14.7. The second kappa shape index (κ2) is 21.9. The van der Waals surface area contributed by atoms with Gasteiger partial charge in [-0.15, -0.1) is 0 Å². The minimum Gasteiger partial charge on any atom is -0.382 e. The molecule has 2 aromatic heterocycles. The molecule has 1 unspecified atom stereocenters. The van der Waals surface area contributed by atoms with Gasteiger partial charge in [0.05, 0.1) is 75.2 Å². The molecule has 6 rings (SSSR count). The van der Waals surface area contributed by atoms with Crippen LogP contribution in [-0.4, -0.2) is 149 Å². The zero-order valence-electron chi connectivity index (χ0n) is 34.9. The summed E-state index contributed by atoms with van der Waals surface area (Å²) in [5, 5.41) is 30.3. The van der Waals surface area contributed by atoms with E-state index in [9.17, 15) is 39.0 Å². The van der Waals surface area contributed by atoms with Crippen LogP contribution >= 0.6 is 0 Å². The van der Waals surface area contributed by atoms with Crippen molar-refractivity contribution in [1.82, 2.24) is 40.8 Å². The topological polar surface area (TPSA) is 329 Å². The number of imide groups is 2. The predicted molar refractivity (Wildman–Crippen MR) is 228 cm³/mol. The van der Waals surface area contributed by atoms with Crippen molar-refractivity contribution in [1.29, 1.82) is 0 Å². The summed E-state index contributed by atoms with van der Waals surface area (Å²) in [7, 11) is 1.83. The van der Waals surface area contributed by atoms with Crippen molar-refractivity contribution in [3.05, 3.63) is 71.0 Å². The van der Waals surface area contributed by atoms with E-state index in [2.05, 4.69) is 41.2 Å². The molecule has 2 aliphatic rings. The van der Waals surface area contributed by atoms with Crippen LogP contribution in [0.1, 0.15) is 62.5 Å². The number of nitrogen functional groups attached to an aromatic ring is 2. The molecule has 1 saturated heterocycles. The summed E-state index contributed by atoms with van der Waals surface area (Å²) >= 11 is 0. The number of hydrogen-bond acceptors (Lipinski definition) is 19. The fraction of sp³-hybridized carbons (Fsp3) is 0.415. The number of hydrogen-bond donors (Lipinski definition) is 8. The molecule has 0 saturated carbocycles. The SMILES string of the molecule is CN(Cc1cnc2nc(N)nc(N)c2n1)c1ccc(C(=O)N[C@@H](CCC(=O)NCCOCCOCCOCCNc2cccc3c2C(=O)N(C2CCC(=O)NC2=O)C3=O)C(O)O)cc1. The number of anilines is 4. The Morgan fingerprint density at radius 2 is 1.62 bits per heavy atom. The van der Waals surface area contributed by atoms with Gasteiger partial charge in [-0.1, -0.05) is 6.07 Å². The van der Waals surface area contributed by atoms with Gasteiger partial charge in [0.2, 0.25) is 23.7 Å². The second-order valence-corrected chi connectivity index (χ2v) is 14.7. The van der Waals surface area contributed by atoms with Crippen molar-refractivity contribution < 1.29 is 53.2 Å². The van der Waals surface area contributed by atoms with E-state index in [1.807, 2.05) is 11.9 Å². The largest absolute Gasteiger partial charge is 0.382 e. The maximum absolute atomic E-state index is 13.2. The molecule has 2 aliphatic heterocycles. The van der Waals surface area contributed by atoms with Crippen molar-refractivity contribution >= 4 is 69.7 Å². The number of aromatic nitrogens is 4. The van der Waals surface area contributed by atoms with Gasteiger partial charge in [0.15, 0.2) is 23.3 Å². The number of piperidine rings is 1. The van der Waals surface area contributed by atoms with Crippen LogP contribution in [0.3, 0.4) is 0 Å². The van der Waals surface area contributed by atoms with Gasteiger partial charge in [0.25, 0.3) is 17.7 Å². The maximum atomic E-state index is 13.2. The highest BCUT2D eigenvalue weighted by molar-refractivity contribution is 6.25. The van der Waals surface area contributed by atoms with Crippen LogP contribution in [0.2, 0.25) is 0 Å². The number of ether oxygens (including phenoxy) is 3. The average Bonchev–Trinajstić information content (AvgIpc) is 3.52. The van der Waals surface area contributed by atoms with Crippen LogP contribution in [0.5, 0.6) is 0 Å². The minimum atomic E-state index is -1.90. The van der Waals surface area contributed by atoms with E-state index in [4.69, 9.17) is 25.7 Å².